The Labute approximate surface area is 271 Å². The summed E-state index contributed by atoms with van der Waals surface area (Å²) >= 11 is 0. The molecule has 13 heteroatoms. The normalized spacial score (nSPS) is 22.0. The van der Waals surface area contributed by atoms with Gasteiger partial charge in [-0.15, -0.1) is 0 Å². The number of carbonyl (C=O) groups is 2. The van der Waals surface area contributed by atoms with Crippen LogP contribution in [0.15, 0.2) is 30.3 Å². The number of esters is 1. The fourth-order valence-corrected chi connectivity index (χ4v) is 6.48. The van der Waals surface area contributed by atoms with Gasteiger partial charge < -0.3 is 14.4 Å². The number of cyclic esters (lactones) is 1. The molecule has 0 radical (unpaired) electrons. The summed E-state index contributed by atoms with van der Waals surface area (Å²) in [7, 11) is 0. The van der Waals surface area contributed by atoms with E-state index in [4.69, 9.17) is 14.5 Å². The number of halogens is 6. The van der Waals surface area contributed by atoms with Crippen molar-refractivity contribution >= 4 is 17.7 Å². The van der Waals surface area contributed by atoms with Crippen molar-refractivity contribution in [2.24, 2.45) is 11.8 Å². The Bertz CT molecular complexity index is 1370. The Balaban J connectivity index is 1.57. The predicted octanol–water partition coefficient (Wildman–Crippen LogP) is 8.91. The van der Waals surface area contributed by atoms with Gasteiger partial charge in [-0.25, -0.2) is 4.79 Å². The molecule has 1 aromatic heterocycles. The van der Waals surface area contributed by atoms with Gasteiger partial charge in [-0.1, -0.05) is 13.8 Å². The highest BCUT2D eigenvalue weighted by atomic mass is 19.4. The average Bonchev–Trinajstić information content (AvgIpc) is 3.28. The molecule has 1 amide bonds. The van der Waals surface area contributed by atoms with Gasteiger partial charge in [0.25, 0.3) is 0 Å². The zero-order valence-electron chi connectivity index (χ0n) is 27.4. The van der Waals surface area contributed by atoms with E-state index >= 15 is 0 Å². The molecule has 1 aliphatic heterocycles. The highest BCUT2D eigenvalue weighted by Crippen LogP contribution is 2.41. The number of pyridine rings is 1. The van der Waals surface area contributed by atoms with E-state index in [1.165, 1.54) is 4.90 Å². The molecular formula is C34H43F6N3O4. The van der Waals surface area contributed by atoms with Gasteiger partial charge in [-0.3, -0.25) is 14.7 Å². The number of anilines is 1. The minimum absolute atomic E-state index is 0.0414. The second kappa shape index (κ2) is 14.7. The molecule has 1 saturated carbocycles. The topological polar surface area (TPSA) is 72.0 Å². The number of hydrogen-bond acceptors (Lipinski definition) is 6. The molecule has 1 aliphatic carbocycles. The molecule has 2 heterocycles. The number of ether oxygens (including phenoxy) is 2. The minimum atomic E-state index is -5.03. The van der Waals surface area contributed by atoms with E-state index in [-0.39, 0.29) is 30.1 Å². The predicted molar refractivity (Wildman–Crippen MR) is 164 cm³/mol. The SMILES string of the molecule is CCOC(=O)CC1CCC(CN(CC)c2ccc(C(C)C)nc2CN2C(=O)O[C@H](c3cc(C(F)(F)F)cc(C(F)(F)F)c3)[C@@H]2C)CC1. The van der Waals surface area contributed by atoms with E-state index in [1.807, 2.05) is 32.9 Å². The number of carbonyl (C=O) groups excluding carboxylic acids is 2. The minimum Gasteiger partial charge on any atom is -0.466 e. The molecular weight excluding hydrogens is 628 g/mol. The van der Waals surface area contributed by atoms with E-state index in [1.54, 1.807) is 13.8 Å². The summed E-state index contributed by atoms with van der Waals surface area (Å²) in [6.45, 7) is 11.0. The number of amides is 1. The Morgan fingerprint density at radius 2 is 1.60 bits per heavy atom. The first kappa shape index (κ1) is 36.3. The van der Waals surface area contributed by atoms with Gasteiger partial charge in [0.05, 0.1) is 41.7 Å². The van der Waals surface area contributed by atoms with Gasteiger partial charge in [0.2, 0.25) is 0 Å². The molecule has 2 aromatic rings. The average molecular weight is 672 g/mol. The van der Waals surface area contributed by atoms with Gasteiger partial charge in [0.1, 0.15) is 6.10 Å². The molecule has 47 heavy (non-hydrogen) atoms. The maximum Gasteiger partial charge on any atom is 0.416 e. The van der Waals surface area contributed by atoms with Crippen molar-refractivity contribution in [1.82, 2.24) is 9.88 Å². The first-order valence-electron chi connectivity index (χ1n) is 16.2. The highest BCUT2D eigenvalue weighted by Gasteiger charge is 2.43. The quantitative estimate of drug-likeness (QED) is 0.176. The first-order valence-corrected chi connectivity index (χ1v) is 16.2. The molecule has 0 N–H and O–H groups in total. The van der Waals surface area contributed by atoms with Gasteiger partial charge in [-0.05, 0) is 100 Å². The fraction of sp³-hybridized carbons (Fsp3) is 0.618. The number of aromatic nitrogens is 1. The lowest BCUT2D eigenvalue weighted by atomic mass is 9.80. The fourth-order valence-electron chi connectivity index (χ4n) is 6.48. The van der Waals surface area contributed by atoms with Crippen LogP contribution in [0.4, 0.5) is 36.8 Å². The third kappa shape index (κ3) is 8.90. The molecule has 1 aromatic carbocycles. The molecule has 0 unspecified atom stereocenters. The lowest BCUT2D eigenvalue weighted by molar-refractivity contribution is -0.145. The van der Waals surface area contributed by atoms with Gasteiger partial charge in [0.15, 0.2) is 0 Å². The van der Waals surface area contributed by atoms with Crippen LogP contribution in [0.1, 0.15) is 107 Å². The molecule has 2 fully saturated rings. The van der Waals surface area contributed by atoms with Gasteiger partial charge in [-0.2, -0.15) is 26.3 Å². The van der Waals surface area contributed by atoms with Gasteiger partial charge >= 0.3 is 24.4 Å². The van der Waals surface area contributed by atoms with E-state index in [9.17, 15) is 35.9 Å². The molecule has 7 nitrogen and oxygen atoms in total. The van der Waals surface area contributed by atoms with Crippen LogP contribution in [0, 0.1) is 11.8 Å². The second-order valence-corrected chi connectivity index (χ2v) is 12.8. The molecule has 0 bridgehead atoms. The molecule has 0 spiro atoms. The molecule has 2 atom stereocenters. The molecule has 2 aliphatic rings. The zero-order chi connectivity index (χ0) is 34.7. The summed E-state index contributed by atoms with van der Waals surface area (Å²) < 4.78 is 91.9. The molecule has 1 saturated heterocycles. The Hall–Kier alpha value is -3.51. The van der Waals surface area contributed by atoms with Crippen molar-refractivity contribution in [2.75, 3.05) is 24.6 Å². The Morgan fingerprint density at radius 1 is 1.00 bits per heavy atom. The third-order valence-corrected chi connectivity index (χ3v) is 9.14. The smallest absolute Gasteiger partial charge is 0.416 e. The lowest BCUT2D eigenvalue weighted by Gasteiger charge is -2.34. The van der Waals surface area contributed by atoms with Crippen LogP contribution in [-0.2, 0) is 33.2 Å². The van der Waals surface area contributed by atoms with Crippen LogP contribution in [0.5, 0.6) is 0 Å². The first-order chi connectivity index (χ1) is 22.0. The summed E-state index contributed by atoms with van der Waals surface area (Å²) in [5.41, 5.74) is -1.17. The number of hydrogen-bond donors (Lipinski definition) is 0. The third-order valence-electron chi connectivity index (χ3n) is 9.14. The number of benzene rings is 1. The van der Waals surface area contributed by atoms with Crippen molar-refractivity contribution < 1.29 is 45.4 Å². The van der Waals surface area contributed by atoms with Crippen LogP contribution < -0.4 is 4.90 Å². The van der Waals surface area contributed by atoms with Crippen molar-refractivity contribution in [3.05, 3.63) is 58.4 Å². The standard InChI is InChI=1S/C34H43F6N3O4/c1-6-42(18-23-10-8-22(9-11-23)14-30(44)46-7-2)29-13-12-27(20(3)4)41-28(29)19-43-21(5)31(47-32(43)45)24-15-25(33(35,36)37)17-26(16-24)34(38,39)40/h12-13,15-17,20-23,31H,6-11,14,18-19H2,1-5H3/t21-,22?,23?,31-/m0/s1. The Morgan fingerprint density at radius 3 is 2.13 bits per heavy atom. The summed E-state index contributed by atoms with van der Waals surface area (Å²) in [5.74, 6) is 0.560. The van der Waals surface area contributed by atoms with Crippen molar-refractivity contribution in [1.29, 1.82) is 0 Å². The van der Waals surface area contributed by atoms with Crippen LogP contribution in [0.2, 0.25) is 0 Å². The summed E-state index contributed by atoms with van der Waals surface area (Å²) in [5, 5.41) is 0. The summed E-state index contributed by atoms with van der Waals surface area (Å²) in [6, 6.07) is 4.28. The molecule has 260 valence electrons. The Kier molecular flexibility index (Phi) is 11.4. The van der Waals surface area contributed by atoms with Crippen LogP contribution in [0.25, 0.3) is 0 Å². The maximum atomic E-state index is 13.6. The largest absolute Gasteiger partial charge is 0.466 e. The van der Waals surface area contributed by atoms with Crippen molar-refractivity contribution in [2.45, 2.75) is 104 Å². The number of nitrogens with zero attached hydrogens (tertiary/aromatic N) is 3. The zero-order valence-corrected chi connectivity index (χ0v) is 27.4. The summed E-state index contributed by atoms with van der Waals surface area (Å²) in [4.78, 5) is 33.5. The molecule has 4 rings (SSSR count). The summed E-state index contributed by atoms with van der Waals surface area (Å²) in [6.07, 6.45) is -8.10. The number of alkyl halides is 6. The monoisotopic (exact) mass is 671 g/mol. The number of rotatable bonds is 11. The van der Waals surface area contributed by atoms with Crippen LogP contribution in [-0.4, -0.2) is 47.7 Å². The van der Waals surface area contributed by atoms with E-state index in [2.05, 4.69) is 4.90 Å². The van der Waals surface area contributed by atoms with Crippen LogP contribution in [0.3, 0.4) is 0 Å². The van der Waals surface area contributed by atoms with Crippen molar-refractivity contribution in [3.63, 3.8) is 0 Å². The van der Waals surface area contributed by atoms with E-state index in [0.29, 0.717) is 49.2 Å². The van der Waals surface area contributed by atoms with E-state index in [0.717, 1.165) is 43.6 Å². The van der Waals surface area contributed by atoms with E-state index < -0.39 is 41.7 Å². The van der Waals surface area contributed by atoms with Crippen LogP contribution >= 0.6 is 0 Å². The second-order valence-electron chi connectivity index (χ2n) is 12.8. The van der Waals surface area contributed by atoms with Gasteiger partial charge in [0, 0.05) is 25.2 Å². The highest BCUT2D eigenvalue weighted by molar-refractivity contribution is 5.71. The maximum absolute atomic E-state index is 13.6. The lowest BCUT2D eigenvalue weighted by Crippen LogP contribution is -2.35. The van der Waals surface area contributed by atoms with Crippen molar-refractivity contribution in [3.8, 4) is 0 Å².